The average molecular weight is 272 g/mol. The van der Waals surface area contributed by atoms with Gasteiger partial charge in [0.05, 0.1) is 0 Å². The fraction of sp³-hybridized carbons (Fsp3) is 0.294. The van der Waals surface area contributed by atoms with E-state index in [1.54, 1.807) is 0 Å². The largest absolute Gasteiger partial charge is 0.367 e. The van der Waals surface area contributed by atoms with E-state index in [1.807, 2.05) is 24.3 Å². The van der Waals surface area contributed by atoms with Gasteiger partial charge in [-0.1, -0.05) is 37.3 Å². The molecule has 0 amide bonds. The van der Waals surface area contributed by atoms with Crippen LogP contribution in [-0.2, 0) is 13.1 Å². The molecule has 0 aliphatic carbocycles. The topological polar surface area (TPSA) is 29.3 Å². The van der Waals surface area contributed by atoms with Gasteiger partial charge in [0.1, 0.15) is 5.82 Å². The molecular formula is C17H21FN2. The molecule has 0 bridgehead atoms. The molecule has 2 N–H and O–H groups in total. The van der Waals surface area contributed by atoms with Crippen LogP contribution >= 0.6 is 0 Å². The molecule has 0 fully saturated rings. The first-order chi connectivity index (χ1) is 9.74. The zero-order valence-corrected chi connectivity index (χ0v) is 11.8. The molecule has 0 saturated carbocycles. The Bertz CT molecular complexity index is 540. The summed E-state index contributed by atoms with van der Waals surface area (Å²) in [5.74, 6) is -0.231. The maximum Gasteiger partial charge on any atom is 0.123 e. The molecule has 2 aromatic carbocycles. The van der Waals surface area contributed by atoms with Gasteiger partial charge in [-0.3, -0.25) is 0 Å². The monoisotopic (exact) mass is 272 g/mol. The predicted molar refractivity (Wildman–Crippen MR) is 82.1 cm³/mol. The summed E-state index contributed by atoms with van der Waals surface area (Å²) < 4.78 is 13.3. The van der Waals surface area contributed by atoms with Crippen molar-refractivity contribution in [2.45, 2.75) is 26.4 Å². The summed E-state index contributed by atoms with van der Waals surface area (Å²) in [4.78, 5) is 2.26. The van der Waals surface area contributed by atoms with Crippen LogP contribution in [0.5, 0.6) is 0 Å². The molecule has 0 aliphatic heterocycles. The van der Waals surface area contributed by atoms with E-state index in [1.165, 1.54) is 17.7 Å². The summed E-state index contributed by atoms with van der Waals surface area (Å²) in [5.41, 5.74) is 8.88. The van der Waals surface area contributed by atoms with E-state index in [0.717, 1.165) is 30.8 Å². The van der Waals surface area contributed by atoms with E-state index in [-0.39, 0.29) is 5.82 Å². The number of nitrogens with two attached hydrogens (primary N) is 1. The predicted octanol–water partition coefficient (Wildman–Crippen LogP) is 3.70. The number of hydrogen-bond acceptors (Lipinski definition) is 2. The first kappa shape index (κ1) is 14.5. The molecule has 0 unspecified atom stereocenters. The van der Waals surface area contributed by atoms with Crippen LogP contribution in [0.1, 0.15) is 24.5 Å². The van der Waals surface area contributed by atoms with Crippen molar-refractivity contribution in [2.24, 2.45) is 5.73 Å². The molecule has 0 heterocycles. The first-order valence-electron chi connectivity index (χ1n) is 7.02. The van der Waals surface area contributed by atoms with Crippen LogP contribution in [0.2, 0.25) is 0 Å². The van der Waals surface area contributed by atoms with Crippen molar-refractivity contribution in [2.75, 3.05) is 11.4 Å². The Hall–Kier alpha value is -1.87. The summed E-state index contributed by atoms with van der Waals surface area (Å²) in [5, 5.41) is 0. The van der Waals surface area contributed by atoms with Crippen LogP contribution in [0.15, 0.2) is 48.5 Å². The van der Waals surface area contributed by atoms with E-state index in [2.05, 4.69) is 24.0 Å². The highest BCUT2D eigenvalue weighted by atomic mass is 19.1. The van der Waals surface area contributed by atoms with Crippen LogP contribution in [-0.4, -0.2) is 6.54 Å². The minimum absolute atomic E-state index is 0.231. The number of anilines is 1. The van der Waals surface area contributed by atoms with Gasteiger partial charge in [-0.15, -0.1) is 0 Å². The van der Waals surface area contributed by atoms with Crippen molar-refractivity contribution < 1.29 is 4.39 Å². The maximum absolute atomic E-state index is 13.3. The van der Waals surface area contributed by atoms with Crippen LogP contribution in [0.25, 0.3) is 0 Å². The van der Waals surface area contributed by atoms with Gasteiger partial charge in [-0.2, -0.15) is 0 Å². The van der Waals surface area contributed by atoms with E-state index in [4.69, 9.17) is 5.73 Å². The lowest BCUT2D eigenvalue weighted by molar-refractivity contribution is 0.624. The minimum atomic E-state index is -0.231. The van der Waals surface area contributed by atoms with Crippen LogP contribution in [0.3, 0.4) is 0 Å². The zero-order valence-electron chi connectivity index (χ0n) is 11.8. The van der Waals surface area contributed by atoms with Crippen LogP contribution < -0.4 is 10.6 Å². The standard InChI is InChI=1S/C17H21FN2/c1-2-10-20(13-14-6-4-3-5-7-14)17-9-8-16(18)11-15(17)12-19/h3-9,11H,2,10,12-13,19H2,1H3. The molecule has 0 radical (unpaired) electrons. The van der Waals surface area contributed by atoms with Gasteiger partial charge < -0.3 is 10.6 Å². The number of hydrogen-bond donors (Lipinski definition) is 1. The summed E-state index contributed by atoms with van der Waals surface area (Å²) >= 11 is 0. The molecule has 106 valence electrons. The van der Waals surface area contributed by atoms with Crippen molar-refractivity contribution in [3.63, 3.8) is 0 Å². The Morgan fingerprint density at radius 1 is 1.10 bits per heavy atom. The molecule has 2 nitrogen and oxygen atoms in total. The van der Waals surface area contributed by atoms with Crippen molar-refractivity contribution in [3.8, 4) is 0 Å². The van der Waals surface area contributed by atoms with E-state index in [9.17, 15) is 4.39 Å². The molecule has 0 spiro atoms. The molecule has 0 aromatic heterocycles. The summed E-state index contributed by atoms with van der Waals surface area (Å²) in [6.07, 6.45) is 1.04. The van der Waals surface area contributed by atoms with E-state index >= 15 is 0 Å². The lowest BCUT2D eigenvalue weighted by Gasteiger charge is -2.27. The fourth-order valence-electron chi connectivity index (χ4n) is 2.38. The average Bonchev–Trinajstić information content (AvgIpc) is 2.48. The van der Waals surface area contributed by atoms with Gasteiger partial charge >= 0.3 is 0 Å². The van der Waals surface area contributed by atoms with Gasteiger partial charge in [0.2, 0.25) is 0 Å². The lowest BCUT2D eigenvalue weighted by Crippen LogP contribution is -2.25. The van der Waals surface area contributed by atoms with Gasteiger partial charge in [-0.25, -0.2) is 4.39 Å². The second kappa shape index (κ2) is 7.06. The normalized spacial score (nSPS) is 10.6. The van der Waals surface area contributed by atoms with E-state index < -0.39 is 0 Å². The highest BCUT2D eigenvalue weighted by molar-refractivity contribution is 5.54. The second-order valence-corrected chi connectivity index (χ2v) is 4.88. The van der Waals surface area contributed by atoms with Crippen molar-refractivity contribution >= 4 is 5.69 Å². The highest BCUT2D eigenvalue weighted by Crippen LogP contribution is 2.23. The maximum atomic E-state index is 13.3. The SMILES string of the molecule is CCCN(Cc1ccccc1)c1ccc(F)cc1CN. The fourth-order valence-corrected chi connectivity index (χ4v) is 2.38. The third kappa shape index (κ3) is 3.58. The first-order valence-corrected chi connectivity index (χ1v) is 7.02. The summed E-state index contributed by atoms with van der Waals surface area (Å²) in [6.45, 7) is 4.23. The second-order valence-electron chi connectivity index (χ2n) is 4.88. The third-order valence-corrected chi connectivity index (χ3v) is 3.31. The molecule has 2 aromatic rings. The van der Waals surface area contributed by atoms with Crippen LogP contribution in [0.4, 0.5) is 10.1 Å². The third-order valence-electron chi connectivity index (χ3n) is 3.31. The molecule has 0 saturated heterocycles. The summed E-state index contributed by atoms with van der Waals surface area (Å²) in [6, 6.07) is 15.2. The Morgan fingerprint density at radius 3 is 2.50 bits per heavy atom. The number of benzene rings is 2. The molecule has 20 heavy (non-hydrogen) atoms. The van der Waals surface area contributed by atoms with Crippen molar-refractivity contribution in [3.05, 3.63) is 65.5 Å². The Kier molecular flexibility index (Phi) is 5.13. The number of nitrogens with zero attached hydrogens (tertiary/aromatic N) is 1. The molecule has 2 rings (SSSR count). The molecule has 0 aliphatic rings. The Morgan fingerprint density at radius 2 is 1.85 bits per heavy atom. The quantitative estimate of drug-likeness (QED) is 0.868. The highest BCUT2D eigenvalue weighted by Gasteiger charge is 2.11. The number of rotatable bonds is 6. The zero-order chi connectivity index (χ0) is 14.4. The van der Waals surface area contributed by atoms with Crippen molar-refractivity contribution in [1.82, 2.24) is 0 Å². The lowest BCUT2D eigenvalue weighted by atomic mass is 10.1. The van der Waals surface area contributed by atoms with Gasteiger partial charge in [0, 0.05) is 25.3 Å². The minimum Gasteiger partial charge on any atom is -0.367 e. The van der Waals surface area contributed by atoms with Gasteiger partial charge in [0.25, 0.3) is 0 Å². The van der Waals surface area contributed by atoms with Gasteiger partial charge in [-0.05, 0) is 35.7 Å². The van der Waals surface area contributed by atoms with Crippen LogP contribution in [0, 0.1) is 5.82 Å². The molecule has 0 atom stereocenters. The Labute approximate surface area is 120 Å². The van der Waals surface area contributed by atoms with Crippen molar-refractivity contribution in [1.29, 1.82) is 0 Å². The van der Waals surface area contributed by atoms with E-state index in [0.29, 0.717) is 6.54 Å². The Balaban J connectivity index is 2.28. The smallest absolute Gasteiger partial charge is 0.123 e. The van der Waals surface area contributed by atoms with Gasteiger partial charge in [0.15, 0.2) is 0 Å². The number of halogens is 1. The summed E-state index contributed by atoms with van der Waals surface area (Å²) in [7, 11) is 0. The molecular weight excluding hydrogens is 251 g/mol. The molecule has 3 heteroatoms.